The minimum Gasteiger partial charge on any atom is -0.492 e. The van der Waals surface area contributed by atoms with E-state index in [1.165, 1.54) is 12.3 Å². The molecule has 1 heterocycles. The fourth-order valence-electron chi connectivity index (χ4n) is 1.31. The van der Waals surface area contributed by atoms with Gasteiger partial charge in [0.15, 0.2) is 0 Å². The number of halogens is 1. The lowest BCUT2D eigenvalue weighted by Gasteiger charge is -2.17. The zero-order valence-electron chi connectivity index (χ0n) is 9.24. The smallest absolute Gasteiger partial charge is 0.216 e. The molecule has 0 spiro atoms. The summed E-state index contributed by atoms with van der Waals surface area (Å²) in [5.74, 6) is 0.0324. The van der Waals surface area contributed by atoms with E-state index in [1.54, 1.807) is 6.07 Å². The Balaban J connectivity index is 2.31. The van der Waals surface area contributed by atoms with E-state index in [2.05, 4.69) is 23.7 Å². The molecule has 0 aliphatic carbocycles. The molecule has 0 saturated carbocycles. The molecule has 15 heavy (non-hydrogen) atoms. The Bertz CT molecular complexity index is 290. The Hall–Kier alpha value is -1.16. The monoisotopic (exact) mass is 212 g/mol. The molecule has 0 aliphatic heterocycles. The van der Waals surface area contributed by atoms with Crippen LogP contribution < -0.4 is 4.74 Å². The number of nitrogens with zero attached hydrogens (tertiary/aromatic N) is 2. The molecule has 0 radical (unpaired) electrons. The Morgan fingerprint density at radius 2 is 2.13 bits per heavy atom. The highest BCUT2D eigenvalue weighted by atomic mass is 19.1. The van der Waals surface area contributed by atoms with E-state index in [1.807, 2.05) is 0 Å². The van der Waals surface area contributed by atoms with Crippen molar-refractivity contribution in [3.8, 4) is 5.75 Å². The first-order chi connectivity index (χ1) is 7.26. The molecule has 84 valence electrons. The van der Waals surface area contributed by atoms with Crippen LogP contribution in [0.3, 0.4) is 0 Å². The van der Waals surface area contributed by atoms with Crippen molar-refractivity contribution in [3.63, 3.8) is 0 Å². The number of hydrogen-bond donors (Lipinski definition) is 0. The molecule has 0 fully saturated rings. The minimum atomic E-state index is -0.504. The average Bonchev–Trinajstić information content (AvgIpc) is 2.25. The summed E-state index contributed by atoms with van der Waals surface area (Å²) in [4.78, 5) is 5.71. The maximum atomic E-state index is 12.7. The molecule has 1 aromatic rings. The fraction of sp³-hybridized carbons (Fsp3) is 0.545. The van der Waals surface area contributed by atoms with Crippen molar-refractivity contribution in [1.82, 2.24) is 9.88 Å². The predicted octanol–water partition coefficient (Wildman–Crippen LogP) is 1.94. The van der Waals surface area contributed by atoms with Crippen LogP contribution in [-0.4, -0.2) is 36.1 Å². The summed E-state index contributed by atoms with van der Waals surface area (Å²) in [6, 6.07) is 2.95. The second-order valence-electron chi connectivity index (χ2n) is 3.19. The second-order valence-corrected chi connectivity index (χ2v) is 3.19. The summed E-state index contributed by atoms with van der Waals surface area (Å²) in [5.41, 5.74) is 0. The van der Waals surface area contributed by atoms with E-state index in [0.717, 1.165) is 19.6 Å². The van der Waals surface area contributed by atoms with Crippen LogP contribution in [0.4, 0.5) is 4.39 Å². The van der Waals surface area contributed by atoms with Gasteiger partial charge in [-0.05, 0) is 19.2 Å². The molecule has 1 rings (SSSR count). The highest BCUT2D eigenvalue weighted by molar-refractivity contribution is 5.17. The molecule has 0 N–H and O–H groups in total. The van der Waals surface area contributed by atoms with Crippen LogP contribution in [0.5, 0.6) is 5.75 Å². The van der Waals surface area contributed by atoms with Gasteiger partial charge in [-0.3, -0.25) is 0 Å². The lowest BCUT2D eigenvalue weighted by atomic mass is 10.4. The summed E-state index contributed by atoms with van der Waals surface area (Å²) in [7, 11) is 0. The zero-order chi connectivity index (χ0) is 11.1. The second kappa shape index (κ2) is 6.35. The van der Waals surface area contributed by atoms with Crippen molar-refractivity contribution in [3.05, 3.63) is 24.3 Å². The highest BCUT2D eigenvalue weighted by Crippen LogP contribution is 2.09. The molecule has 4 heteroatoms. The first-order valence-electron chi connectivity index (χ1n) is 5.23. The lowest BCUT2D eigenvalue weighted by molar-refractivity contribution is 0.222. The average molecular weight is 212 g/mol. The van der Waals surface area contributed by atoms with E-state index in [4.69, 9.17) is 4.74 Å². The largest absolute Gasteiger partial charge is 0.492 e. The molecule has 0 aromatic carbocycles. The van der Waals surface area contributed by atoms with Gasteiger partial charge < -0.3 is 9.64 Å². The van der Waals surface area contributed by atoms with E-state index >= 15 is 0 Å². The third-order valence-electron chi connectivity index (χ3n) is 2.27. The zero-order valence-corrected chi connectivity index (χ0v) is 9.24. The number of hydrogen-bond acceptors (Lipinski definition) is 3. The first kappa shape index (κ1) is 11.9. The molecule has 0 bridgehead atoms. The summed E-state index contributed by atoms with van der Waals surface area (Å²) >= 11 is 0. The van der Waals surface area contributed by atoms with E-state index in [-0.39, 0.29) is 0 Å². The van der Waals surface area contributed by atoms with Crippen LogP contribution >= 0.6 is 0 Å². The van der Waals surface area contributed by atoms with Gasteiger partial charge in [0.1, 0.15) is 12.4 Å². The van der Waals surface area contributed by atoms with Crippen molar-refractivity contribution in [1.29, 1.82) is 0 Å². The van der Waals surface area contributed by atoms with Gasteiger partial charge in [0.25, 0.3) is 0 Å². The van der Waals surface area contributed by atoms with Crippen molar-refractivity contribution in [2.45, 2.75) is 13.8 Å². The number of pyridine rings is 1. The summed E-state index contributed by atoms with van der Waals surface area (Å²) in [6.45, 7) is 7.66. The topological polar surface area (TPSA) is 25.4 Å². The normalized spacial score (nSPS) is 10.7. The minimum absolute atomic E-state index is 0.504. The predicted molar refractivity (Wildman–Crippen MR) is 57.5 cm³/mol. The number of rotatable bonds is 6. The van der Waals surface area contributed by atoms with Crippen LogP contribution in [0.1, 0.15) is 13.8 Å². The van der Waals surface area contributed by atoms with Crippen molar-refractivity contribution in [2.24, 2.45) is 0 Å². The van der Waals surface area contributed by atoms with E-state index < -0.39 is 5.95 Å². The Kier molecular flexibility index (Phi) is 5.04. The molecule has 0 saturated heterocycles. The SMILES string of the molecule is CCN(CC)CCOc1ccnc(F)c1. The molecule has 0 atom stereocenters. The van der Waals surface area contributed by atoms with Gasteiger partial charge in [-0.2, -0.15) is 4.39 Å². The van der Waals surface area contributed by atoms with Gasteiger partial charge in [-0.25, -0.2) is 4.98 Å². The van der Waals surface area contributed by atoms with Gasteiger partial charge >= 0.3 is 0 Å². The first-order valence-corrected chi connectivity index (χ1v) is 5.23. The van der Waals surface area contributed by atoms with Crippen molar-refractivity contribution < 1.29 is 9.13 Å². The summed E-state index contributed by atoms with van der Waals surface area (Å²) < 4.78 is 18.1. The van der Waals surface area contributed by atoms with Crippen LogP contribution in [0.15, 0.2) is 18.3 Å². The molecular weight excluding hydrogens is 195 g/mol. The summed E-state index contributed by atoms with van der Waals surface area (Å²) in [5, 5.41) is 0. The highest BCUT2D eigenvalue weighted by Gasteiger charge is 2.00. The molecule has 3 nitrogen and oxygen atoms in total. The maximum absolute atomic E-state index is 12.7. The Morgan fingerprint density at radius 1 is 1.40 bits per heavy atom. The molecular formula is C11H17FN2O. The van der Waals surface area contributed by atoms with Crippen LogP contribution in [-0.2, 0) is 0 Å². The van der Waals surface area contributed by atoms with Gasteiger partial charge in [0, 0.05) is 18.8 Å². The van der Waals surface area contributed by atoms with Crippen LogP contribution in [0.2, 0.25) is 0 Å². The molecule has 0 amide bonds. The van der Waals surface area contributed by atoms with Gasteiger partial charge in [0.2, 0.25) is 5.95 Å². The third kappa shape index (κ3) is 4.25. The van der Waals surface area contributed by atoms with Crippen molar-refractivity contribution in [2.75, 3.05) is 26.2 Å². The number of aromatic nitrogens is 1. The molecule has 1 aromatic heterocycles. The van der Waals surface area contributed by atoms with E-state index in [9.17, 15) is 4.39 Å². The van der Waals surface area contributed by atoms with Crippen LogP contribution in [0.25, 0.3) is 0 Å². The van der Waals surface area contributed by atoms with Gasteiger partial charge in [0.05, 0.1) is 0 Å². The van der Waals surface area contributed by atoms with Crippen molar-refractivity contribution >= 4 is 0 Å². The van der Waals surface area contributed by atoms with E-state index in [0.29, 0.717) is 12.4 Å². The van der Waals surface area contributed by atoms with Gasteiger partial charge in [-0.15, -0.1) is 0 Å². The molecule has 0 aliphatic rings. The quantitative estimate of drug-likeness (QED) is 0.674. The lowest BCUT2D eigenvalue weighted by Crippen LogP contribution is -2.27. The summed E-state index contributed by atoms with van der Waals surface area (Å²) in [6.07, 6.45) is 1.40. The van der Waals surface area contributed by atoms with Crippen LogP contribution in [0, 0.1) is 5.95 Å². The maximum Gasteiger partial charge on any atom is 0.216 e. The van der Waals surface area contributed by atoms with Gasteiger partial charge in [-0.1, -0.05) is 13.8 Å². The Morgan fingerprint density at radius 3 is 2.73 bits per heavy atom. The third-order valence-corrected chi connectivity index (χ3v) is 2.27. The number of likely N-dealkylation sites (N-methyl/N-ethyl adjacent to an activating group) is 1. The fourth-order valence-corrected chi connectivity index (χ4v) is 1.31. The molecule has 0 unspecified atom stereocenters. The Labute approximate surface area is 89.9 Å². The standard InChI is InChI=1S/C11H17FN2O/c1-3-14(4-2)7-8-15-10-5-6-13-11(12)9-10/h5-6,9H,3-4,7-8H2,1-2H3. The number of ether oxygens (including phenoxy) is 1.